The molecule has 0 bridgehead atoms. The summed E-state index contributed by atoms with van der Waals surface area (Å²) in [4.78, 5) is 38.6. The number of carbonyl (C=O) groups excluding carboxylic acids is 3. The van der Waals surface area contributed by atoms with E-state index in [1.54, 1.807) is 18.2 Å². The van der Waals surface area contributed by atoms with Crippen LogP contribution in [-0.4, -0.2) is 61.6 Å². The number of carbonyl (C=O) groups is 3. The minimum absolute atomic E-state index is 0.0995. The van der Waals surface area contributed by atoms with Crippen LogP contribution in [0.2, 0.25) is 0 Å². The molecule has 0 spiro atoms. The maximum absolute atomic E-state index is 12.4. The fourth-order valence-electron chi connectivity index (χ4n) is 3.41. The molecule has 0 radical (unpaired) electrons. The van der Waals surface area contributed by atoms with Gasteiger partial charge in [-0.25, -0.2) is 4.79 Å². The number of amides is 4. The predicted octanol–water partition coefficient (Wildman–Crippen LogP) is 3.59. The molecule has 8 nitrogen and oxygen atoms in total. The van der Waals surface area contributed by atoms with Gasteiger partial charge in [-0.15, -0.1) is 0 Å². The number of urea groups is 1. The molecule has 1 aliphatic heterocycles. The van der Waals surface area contributed by atoms with E-state index in [0.29, 0.717) is 36.9 Å². The van der Waals surface area contributed by atoms with Crippen molar-refractivity contribution in [1.82, 2.24) is 9.80 Å². The van der Waals surface area contributed by atoms with E-state index in [4.69, 9.17) is 14.2 Å². The topological polar surface area (TPSA) is 85.4 Å². The van der Waals surface area contributed by atoms with Crippen molar-refractivity contribution in [2.45, 2.75) is 20.8 Å². The lowest BCUT2D eigenvalue weighted by molar-refractivity contribution is -0.134. The second kappa shape index (κ2) is 10.2. The Bertz CT molecular complexity index is 1080. The molecule has 33 heavy (non-hydrogen) atoms. The zero-order valence-electron chi connectivity index (χ0n) is 19.5. The minimum atomic E-state index is -0.663. The van der Waals surface area contributed by atoms with Crippen molar-refractivity contribution in [2.75, 3.05) is 33.9 Å². The van der Waals surface area contributed by atoms with Gasteiger partial charge in [0.15, 0.2) is 11.5 Å². The smallest absolute Gasteiger partial charge is 0.333 e. The van der Waals surface area contributed by atoms with Crippen LogP contribution >= 0.6 is 0 Å². The van der Waals surface area contributed by atoms with Gasteiger partial charge in [0.25, 0.3) is 11.8 Å². The van der Waals surface area contributed by atoms with E-state index >= 15 is 0 Å². The lowest BCUT2D eigenvalue weighted by Crippen LogP contribution is -2.52. The van der Waals surface area contributed by atoms with Crippen LogP contribution in [0.1, 0.15) is 23.6 Å². The number of benzene rings is 2. The molecule has 0 unspecified atom stereocenters. The summed E-state index contributed by atoms with van der Waals surface area (Å²) in [6, 6.07) is 10.4. The molecule has 3 rings (SSSR count). The molecule has 1 saturated heterocycles. The average molecular weight is 453 g/mol. The van der Waals surface area contributed by atoms with Crippen molar-refractivity contribution in [3.8, 4) is 17.2 Å². The number of barbiturate groups is 1. The monoisotopic (exact) mass is 452 g/mol. The van der Waals surface area contributed by atoms with Gasteiger partial charge in [-0.2, -0.15) is 0 Å². The number of aryl methyl sites for hydroxylation is 2. The Morgan fingerprint density at radius 1 is 0.788 bits per heavy atom. The SMILES string of the molecule is CCOc1cc(C=C2C(=O)N(C)C(=O)N(C)C2=O)ccc1OCCOc1ccc(C)cc1C. The fourth-order valence-corrected chi connectivity index (χ4v) is 3.41. The molecular formula is C25H28N2O6. The normalized spacial score (nSPS) is 14.0. The molecule has 0 N–H and O–H groups in total. The van der Waals surface area contributed by atoms with Crippen molar-refractivity contribution in [2.24, 2.45) is 0 Å². The first-order chi connectivity index (χ1) is 15.7. The van der Waals surface area contributed by atoms with Crippen molar-refractivity contribution >= 4 is 23.9 Å². The molecule has 4 amide bonds. The highest BCUT2D eigenvalue weighted by molar-refractivity contribution is 6.30. The van der Waals surface area contributed by atoms with Crippen molar-refractivity contribution < 1.29 is 28.6 Å². The molecule has 1 fully saturated rings. The summed E-state index contributed by atoms with van der Waals surface area (Å²) in [7, 11) is 2.67. The lowest BCUT2D eigenvalue weighted by atomic mass is 10.1. The fraction of sp³-hybridized carbons (Fsp3) is 0.320. The number of hydrogen-bond donors (Lipinski definition) is 0. The highest BCUT2D eigenvalue weighted by Crippen LogP contribution is 2.30. The van der Waals surface area contributed by atoms with Crippen LogP contribution in [0.4, 0.5) is 4.79 Å². The molecule has 2 aromatic carbocycles. The van der Waals surface area contributed by atoms with Gasteiger partial charge >= 0.3 is 6.03 Å². The summed E-state index contributed by atoms with van der Waals surface area (Å²) in [5, 5.41) is 0. The average Bonchev–Trinajstić information content (AvgIpc) is 2.79. The molecule has 174 valence electrons. The van der Waals surface area contributed by atoms with Gasteiger partial charge in [0.05, 0.1) is 6.61 Å². The zero-order valence-corrected chi connectivity index (χ0v) is 19.5. The Labute approximate surface area is 193 Å². The third-order valence-corrected chi connectivity index (χ3v) is 5.15. The maximum atomic E-state index is 12.4. The second-order valence-electron chi connectivity index (χ2n) is 7.67. The number of nitrogens with zero attached hydrogens (tertiary/aromatic N) is 2. The summed E-state index contributed by atoms with van der Waals surface area (Å²) >= 11 is 0. The number of hydrogen-bond acceptors (Lipinski definition) is 6. The number of ether oxygens (including phenoxy) is 3. The van der Waals surface area contributed by atoms with E-state index in [1.807, 2.05) is 32.9 Å². The molecule has 1 aliphatic rings. The standard InChI is InChI=1S/C25H28N2O6/c1-6-31-22-15-18(14-19-23(28)26(4)25(30)27(5)24(19)29)8-10-21(22)33-12-11-32-20-9-7-16(2)13-17(20)3/h7-10,13-15H,6,11-12H2,1-5H3. The van der Waals surface area contributed by atoms with Gasteiger partial charge in [0, 0.05) is 14.1 Å². The van der Waals surface area contributed by atoms with Gasteiger partial charge in [-0.3, -0.25) is 19.4 Å². The van der Waals surface area contributed by atoms with Crippen LogP contribution in [0.5, 0.6) is 17.2 Å². The molecule has 0 atom stereocenters. The van der Waals surface area contributed by atoms with Gasteiger partial charge in [0.2, 0.25) is 0 Å². The summed E-state index contributed by atoms with van der Waals surface area (Å²) in [5.41, 5.74) is 2.71. The third kappa shape index (κ3) is 5.34. The Kier molecular flexibility index (Phi) is 7.37. The largest absolute Gasteiger partial charge is 0.490 e. The number of likely N-dealkylation sites (N-methyl/N-ethyl adjacent to an activating group) is 2. The molecule has 1 heterocycles. The van der Waals surface area contributed by atoms with Crippen LogP contribution in [0.15, 0.2) is 42.0 Å². The molecule has 0 aliphatic carbocycles. The van der Waals surface area contributed by atoms with E-state index in [-0.39, 0.29) is 5.57 Å². The second-order valence-corrected chi connectivity index (χ2v) is 7.67. The van der Waals surface area contributed by atoms with Crippen molar-refractivity contribution in [1.29, 1.82) is 0 Å². The van der Waals surface area contributed by atoms with Gasteiger partial charge in [-0.1, -0.05) is 23.8 Å². The van der Waals surface area contributed by atoms with Crippen LogP contribution < -0.4 is 14.2 Å². The van der Waals surface area contributed by atoms with E-state index in [9.17, 15) is 14.4 Å². The maximum Gasteiger partial charge on any atom is 0.333 e. The molecular weight excluding hydrogens is 424 g/mol. The first-order valence-corrected chi connectivity index (χ1v) is 10.6. The Balaban J connectivity index is 1.72. The molecule has 2 aromatic rings. The highest BCUT2D eigenvalue weighted by Gasteiger charge is 2.37. The third-order valence-electron chi connectivity index (χ3n) is 5.15. The van der Waals surface area contributed by atoms with Crippen molar-refractivity contribution in [3.63, 3.8) is 0 Å². The number of rotatable bonds is 8. The Hall–Kier alpha value is -3.81. The summed E-state index contributed by atoms with van der Waals surface area (Å²) in [5.74, 6) is 0.516. The van der Waals surface area contributed by atoms with Crippen LogP contribution in [0.3, 0.4) is 0 Å². The minimum Gasteiger partial charge on any atom is -0.490 e. The molecule has 8 heteroatoms. The Morgan fingerprint density at radius 3 is 2.00 bits per heavy atom. The van der Waals surface area contributed by atoms with E-state index in [0.717, 1.165) is 21.1 Å². The van der Waals surface area contributed by atoms with Gasteiger partial charge < -0.3 is 14.2 Å². The van der Waals surface area contributed by atoms with E-state index < -0.39 is 17.8 Å². The summed E-state index contributed by atoms with van der Waals surface area (Å²) in [6.45, 7) is 6.95. The summed E-state index contributed by atoms with van der Waals surface area (Å²) < 4.78 is 17.3. The van der Waals surface area contributed by atoms with Gasteiger partial charge in [0.1, 0.15) is 24.5 Å². The number of imide groups is 2. The predicted molar refractivity (Wildman–Crippen MR) is 123 cm³/mol. The highest BCUT2D eigenvalue weighted by atomic mass is 16.5. The first-order valence-electron chi connectivity index (χ1n) is 10.6. The molecule has 0 aromatic heterocycles. The first kappa shape index (κ1) is 23.8. The Morgan fingerprint density at radius 2 is 1.39 bits per heavy atom. The van der Waals surface area contributed by atoms with Crippen LogP contribution in [-0.2, 0) is 9.59 Å². The van der Waals surface area contributed by atoms with Crippen molar-refractivity contribution in [3.05, 3.63) is 58.7 Å². The van der Waals surface area contributed by atoms with E-state index in [2.05, 4.69) is 6.07 Å². The van der Waals surface area contributed by atoms with Crippen LogP contribution in [0, 0.1) is 13.8 Å². The zero-order chi connectivity index (χ0) is 24.1. The van der Waals surface area contributed by atoms with E-state index in [1.165, 1.54) is 25.7 Å². The quantitative estimate of drug-likeness (QED) is 0.346. The van der Waals surface area contributed by atoms with Gasteiger partial charge in [-0.05, 0) is 56.2 Å². The summed E-state index contributed by atoms with van der Waals surface area (Å²) in [6.07, 6.45) is 1.44. The molecule has 0 saturated carbocycles. The van der Waals surface area contributed by atoms with Crippen LogP contribution in [0.25, 0.3) is 6.08 Å². The lowest BCUT2D eigenvalue weighted by Gasteiger charge is -2.28.